The van der Waals surface area contributed by atoms with Gasteiger partial charge in [0.1, 0.15) is 5.75 Å². The van der Waals surface area contributed by atoms with Crippen molar-refractivity contribution >= 4 is 23.4 Å². The van der Waals surface area contributed by atoms with Gasteiger partial charge in [0.25, 0.3) is 0 Å². The van der Waals surface area contributed by atoms with Crippen LogP contribution in [0.4, 0.5) is 5.69 Å². The highest BCUT2D eigenvalue weighted by molar-refractivity contribution is 7.99. The molecule has 1 N–H and O–H groups in total. The third kappa shape index (κ3) is 5.49. The molecule has 1 saturated heterocycles. The van der Waals surface area contributed by atoms with Crippen LogP contribution < -0.4 is 10.1 Å². The van der Waals surface area contributed by atoms with Crippen LogP contribution in [0.1, 0.15) is 24.0 Å². The summed E-state index contributed by atoms with van der Waals surface area (Å²) in [5.74, 6) is 1.73. The summed E-state index contributed by atoms with van der Waals surface area (Å²) in [5, 5.41) is 12.5. The van der Waals surface area contributed by atoms with E-state index in [0.717, 1.165) is 53.4 Å². The van der Waals surface area contributed by atoms with Gasteiger partial charge in [0, 0.05) is 17.9 Å². The van der Waals surface area contributed by atoms with Crippen LogP contribution in [0, 0.1) is 13.8 Å². The van der Waals surface area contributed by atoms with Gasteiger partial charge in [-0.15, -0.1) is 10.2 Å². The van der Waals surface area contributed by atoms with Gasteiger partial charge in [0.2, 0.25) is 5.91 Å². The largest absolute Gasteiger partial charge is 0.497 e. The molecule has 1 aliphatic heterocycles. The van der Waals surface area contributed by atoms with E-state index in [2.05, 4.69) is 26.1 Å². The third-order valence-corrected chi connectivity index (χ3v) is 6.28. The molecular formula is C24H28N4O3S. The molecule has 1 fully saturated rings. The number of hydrogen-bond acceptors (Lipinski definition) is 6. The van der Waals surface area contributed by atoms with Crippen molar-refractivity contribution in [2.24, 2.45) is 0 Å². The number of nitrogens with zero attached hydrogens (tertiary/aromatic N) is 3. The zero-order valence-corrected chi connectivity index (χ0v) is 19.4. The fourth-order valence-electron chi connectivity index (χ4n) is 3.88. The van der Waals surface area contributed by atoms with E-state index in [9.17, 15) is 4.79 Å². The molecule has 4 rings (SSSR count). The van der Waals surface area contributed by atoms with Crippen LogP contribution in [0.15, 0.2) is 47.6 Å². The first-order valence-corrected chi connectivity index (χ1v) is 11.7. The van der Waals surface area contributed by atoms with Gasteiger partial charge in [-0.25, -0.2) is 0 Å². The molecule has 0 bridgehead atoms. The molecule has 1 aliphatic rings. The van der Waals surface area contributed by atoms with E-state index in [0.29, 0.717) is 11.7 Å². The van der Waals surface area contributed by atoms with E-state index in [1.54, 1.807) is 7.11 Å². The van der Waals surface area contributed by atoms with Gasteiger partial charge in [0.05, 0.1) is 25.5 Å². The highest BCUT2D eigenvalue weighted by Gasteiger charge is 2.22. The minimum absolute atomic E-state index is 0.0716. The number of benzene rings is 2. The average molecular weight is 453 g/mol. The number of carbonyl (C=O) groups excluding carboxylic acids is 1. The lowest BCUT2D eigenvalue weighted by molar-refractivity contribution is -0.113. The predicted molar refractivity (Wildman–Crippen MR) is 126 cm³/mol. The number of nitrogens with one attached hydrogen (secondary N) is 1. The summed E-state index contributed by atoms with van der Waals surface area (Å²) < 4.78 is 13.2. The summed E-state index contributed by atoms with van der Waals surface area (Å²) in [7, 11) is 1.65. The maximum absolute atomic E-state index is 12.6. The SMILES string of the molecule is COc1ccc(-c2nnc(SCC(=O)Nc3cc(C)cc(C)c3)n2CC2CCCO2)cc1. The molecule has 7 nitrogen and oxygen atoms in total. The maximum Gasteiger partial charge on any atom is 0.234 e. The van der Waals surface area contributed by atoms with Crippen LogP contribution in [0.5, 0.6) is 5.75 Å². The highest BCUT2D eigenvalue weighted by atomic mass is 32.2. The monoisotopic (exact) mass is 452 g/mol. The number of thioether (sulfide) groups is 1. The number of carbonyl (C=O) groups is 1. The second-order valence-electron chi connectivity index (χ2n) is 7.99. The molecule has 0 saturated carbocycles. The van der Waals surface area contributed by atoms with Crippen molar-refractivity contribution in [2.75, 3.05) is 24.8 Å². The second-order valence-corrected chi connectivity index (χ2v) is 8.94. The normalized spacial score (nSPS) is 15.7. The smallest absolute Gasteiger partial charge is 0.234 e. The summed E-state index contributed by atoms with van der Waals surface area (Å²) in [6.45, 7) is 5.48. The Morgan fingerprint density at radius 1 is 1.19 bits per heavy atom. The minimum atomic E-state index is -0.0716. The van der Waals surface area contributed by atoms with Crippen LogP contribution in [-0.2, 0) is 16.1 Å². The predicted octanol–water partition coefficient (Wildman–Crippen LogP) is 4.48. The first-order chi connectivity index (χ1) is 15.5. The molecule has 8 heteroatoms. The Labute approximate surface area is 192 Å². The number of aryl methyl sites for hydroxylation is 2. The quantitative estimate of drug-likeness (QED) is 0.508. The van der Waals surface area contributed by atoms with Crippen LogP contribution in [0.2, 0.25) is 0 Å². The van der Waals surface area contributed by atoms with E-state index in [-0.39, 0.29) is 17.8 Å². The van der Waals surface area contributed by atoms with Crippen molar-refractivity contribution in [3.8, 4) is 17.1 Å². The molecule has 0 radical (unpaired) electrons. The molecule has 0 spiro atoms. The summed E-state index contributed by atoms with van der Waals surface area (Å²) in [6.07, 6.45) is 2.20. The molecular weight excluding hydrogens is 424 g/mol. The van der Waals surface area contributed by atoms with Gasteiger partial charge in [-0.3, -0.25) is 9.36 Å². The first kappa shape index (κ1) is 22.4. The Morgan fingerprint density at radius 2 is 1.94 bits per heavy atom. The molecule has 2 aromatic carbocycles. The van der Waals surface area contributed by atoms with E-state index in [1.165, 1.54) is 11.8 Å². The maximum atomic E-state index is 12.6. The Hall–Kier alpha value is -2.84. The zero-order chi connectivity index (χ0) is 22.5. The number of amides is 1. The zero-order valence-electron chi connectivity index (χ0n) is 18.6. The van der Waals surface area contributed by atoms with Crippen molar-refractivity contribution < 1.29 is 14.3 Å². The van der Waals surface area contributed by atoms with Crippen molar-refractivity contribution in [3.63, 3.8) is 0 Å². The number of ether oxygens (including phenoxy) is 2. The molecule has 168 valence electrons. The highest BCUT2D eigenvalue weighted by Crippen LogP contribution is 2.28. The lowest BCUT2D eigenvalue weighted by Gasteiger charge is -2.15. The summed E-state index contributed by atoms with van der Waals surface area (Å²) in [5.41, 5.74) is 4.00. The van der Waals surface area contributed by atoms with Crippen molar-refractivity contribution in [1.82, 2.24) is 14.8 Å². The van der Waals surface area contributed by atoms with E-state index in [4.69, 9.17) is 9.47 Å². The van der Waals surface area contributed by atoms with Gasteiger partial charge in [0.15, 0.2) is 11.0 Å². The van der Waals surface area contributed by atoms with Gasteiger partial charge >= 0.3 is 0 Å². The Balaban J connectivity index is 1.50. The van der Waals surface area contributed by atoms with Crippen LogP contribution >= 0.6 is 11.8 Å². The van der Waals surface area contributed by atoms with E-state index >= 15 is 0 Å². The first-order valence-electron chi connectivity index (χ1n) is 10.7. The Morgan fingerprint density at radius 3 is 2.59 bits per heavy atom. The Bertz CT molecular complexity index is 1060. The third-order valence-electron chi connectivity index (χ3n) is 5.31. The number of anilines is 1. The number of rotatable bonds is 8. The van der Waals surface area contributed by atoms with Gasteiger partial charge in [-0.05, 0) is 74.2 Å². The summed E-state index contributed by atoms with van der Waals surface area (Å²) >= 11 is 1.39. The van der Waals surface area contributed by atoms with Gasteiger partial charge < -0.3 is 14.8 Å². The molecule has 3 aromatic rings. The topological polar surface area (TPSA) is 78.3 Å². The molecule has 32 heavy (non-hydrogen) atoms. The number of hydrogen-bond donors (Lipinski definition) is 1. The van der Waals surface area contributed by atoms with Crippen LogP contribution in [0.25, 0.3) is 11.4 Å². The van der Waals surface area contributed by atoms with Gasteiger partial charge in [-0.1, -0.05) is 17.8 Å². The summed E-state index contributed by atoms with van der Waals surface area (Å²) in [6, 6.07) is 13.8. The Kier molecular flexibility index (Phi) is 7.12. The molecule has 1 unspecified atom stereocenters. The van der Waals surface area contributed by atoms with Crippen molar-refractivity contribution in [2.45, 2.75) is 44.5 Å². The number of aromatic nitrogens is 3. The van der Waals surface area contributed by atoms with Crippen molar-refractivity contribution in [3.05, 3.63) is 53.6 Å². The van der Waals surface area contributed by atoms with Crippen LogP contribution in [-0.4, -0.2) is 46.2 Å². The molecule has 1 amide bonds. The van der Waals surface area contributed by atoms with E-state index in [1.807, 2.05) is 50.2 Å². The fourth-order valence-corrected chi connectivity index (χ4v) is 4.63. The number of methoxy groups -OCH3 is 1. The fraction of sp³-hybridized carbons (Fsp3) is 0.375. The average Bonchev–Trinajstić information content (AvgIpc) is 3.42. The van der Waals surface area contributed by atoms with E-state index < -0.39 is 0 Å². The van der Waals surface area contributed by atoms with Crippen LogP contribution in [0.3, 0.4) is 0 Å². The molecule has 1 atom stereocenters. The second kappa shape index (κ2) is 10.2. The van der Waals surface area contributed by atoms with Crippen molar-refractivity contribution in [1.29, 1.82) is 0 Å². The lowest BCUT2D eigenvalue weighted by atomic mass is 10.1. The molecule has 2 heterocycles. The molecule has 1 aromatic heterocycles. The van der Waals surface area contributed by atoms with Gasteiger partial charge in [-0.2, -0.15) is 0 Å². The summed E-state index contributed by atoms with van der Waals surface area (Å²) in [4.78, 5) is 12.6. The molecule has 0 aliphatic carbocycles. The standard InChI is InChI=1S/C24H28N4O3S/c1-16-11-17(2)13-19(12-16)25-22(29)15-32-24-27-26-23(18-6-8-20(30-3)9-7-18)28(24)14-21-5-4-10-31-21/h6-9,11-13,21H,4-5,10,14-15H2,1-3H3,(H,25,29). The lowest BCUT2D eigenvalue weighted by Crippen LogP contribution is -2.18. The minimum Gasteiger partial charge on any atom is -0.497 e.